The molecule has 0 saturated heterocycles. The Hall–Kier alpha value is -2.62. The normalized spacial score (nSPS) is 11.0. The van der Waals surface area contributed by atoms with Crippen molar-refractivity contribution in [2.24, 2.45) is 0 Å². The molecule has 0 atom stereocenters. The van der Waals surface area contributed by atoms with Gasteiger partial charge in [-0.3, -0.25) is 9.59 Å². The summed E-state index contributed by atoms with van der Waals surface area (Å²) in [5, 5.41) is 5.46. The zero-order valence-electron chi connectivity index (χ0n) is 15.3. The lowest BCUT2D eigenvalue weighted by Gasteiger charge is -2.19. The van der Waals surface area contributed by atoms with Crippen LogP contribution in [0.3, 0.4) is 0 Å². The second-order valence-corrected chi connectivity index (χ2v) is 7.26. The summed E-state index contributed by atoms with van der Waals surface area (Å²) >= 11 is 0. The highest BCUT2D eigenvalue weighted by molar-refractivity contribution is 5.94. The molecule has 132 valence electrons. The fourth-order valence-electron chi connectivity index (χ4n) is 2.48. The molecule has 0 aliphatic rings. The molecule has 0 bridgehead atoms. The Bertz CT molecular complexity index is 743. The third-order valence-electron chi connectivity index (χ3n) is 4.09. The Morgan fingerprint density at radius 2 is 1.56 bits per heavy atom. The standard InChI is InChI=1S/C21H26N2O2/c1-15-7-5-6-8-16(15)13-19(24)22-14-20(25)23-18-11-9-17(10-12-18)21(2,3)4/h5-12H,13-14H2,1-4H3,(H,22,24)(H,23,25). The molecule has 0 aromatic heterocycles. The van der Waals surface area contributed by atoms with Gasteiger partial charge in [0, 0.05) is 5.69 Å². The number of nitrogens with one attached hydrogen (secondary N) is 2. The van der Waals surface area contributed by atoms with Crippen LogP contribution in [0.4, 0.5) is 5.69 Å². The number of rotatable bonds is 5. The molecule has 0 heterocycles. The number of anilines is 1. The van der Waals surface area contributed by atoms with E-state index in [-0.39, 0.29) is 30.2 Å². The van der Waals surface area contributed by atoms with Crippen LogP contribution in [-0.2, 0) is 21.4 Å². The maximum atomic E-state index is 12.0. The minimum atomic E-state index is -0.235. The summed E-state index contributed by atoms with van der Waals surface area (Å²) in [7, 11) is 0. The van der Waals surface area contributed by atoms with E-state index in [1.807, 2.05) is 55.5 Å². The molecule has 25 heavy (non-hydrogen) atoms. The van der Waals surface area contributed by atoms with Crippen molar-refractivity contribution in [3.8, 4) is 0 Å². The van der Waals surface area contributed by atoms with Gasteiger partial charge in [0.2, 0.25) is 11.8 Å². The molecule has 0 aliphatic carbocycles. The third-order valence-corrected chi connectivity index (χ3v) is 4.09. The van der Waals surface area contributed by atoms with Crippen molar-refractivity contribution < 1.29 is 9.59 Å². The largest absolute Gasteiger partial charge is 0.347 e. The van der Waals surface area contributed by atoms with Gasteiger partial charge >= 0.3 is 0 Å². The first kappa shape index (κ1) is 18.7. The summed E-state index contributed by atoms with van der Waals surface area (Å²) in [6.07, 6.45) is 0.278. The Balaban J connectivity index is 1.82. The average Bonchev–Trinajstić information content (AvgIpc) is 2.55. The topological polar surface area (TPSA) is 58.2 Å². The van der Waals surface area contributed by atoms with Crippen LogP contribution in [0.1, 0.15) is 37.5 Å². The molecule has 0 saturated carbocycles. The van der Waals surface area contributed by atoms with Gasteiger partial charge < -0.3 is 10.6 Å². The first-order chi connectivity index (χ1) is 11.8. The number of hydrogen-bond donors (Lipinski definition) is 2. The summed E-state index contributed by atoms with van der Waals surface area (Å²) < 4.78 is 0. The van der Waals surface area contributed by atoms with Gasteiger partial charge in [0.25, 0.3) is 0 Å². The first-order valence-corrected chi connectivity index (χ1v) is 8.47. The highest BCUT2D eigenvalue weighted by atomic mass is 16.2. The van der Waals surface area contributed by atoms with Crippen LogP contribution in [0.15, 0.2) is 48.5 Å². The monoisotopic (exact) mass is 338 g/mol. The Morgan fingerprint density at radius 1 is 0.920 bits per heavy atom. The van der Waals surface area contributed by atoms with Gasteiger partial charge in [-0.1, -0.05) is 57.2 Å². The molecule has 4 nitrogen and oxygen atoms in total. The Labute approximate surface area is 149 Å². The second kappa shape index (κ2) is 7.97. The van der Waals surface area contributed by atoms with Gasteiger partial charge in [0.15, 0.2) is 0 Å². The van der Waals surface area contributed by atoms with Crippen LogP contribution < -0.4 is 10.6 Å². The molecule has 0 aliphatic heterocycles. The van der Waals surface area contributed by atoms with Gasteiger partial charge in [-0.2, -0.15) is 0 Å². The lowest BCUT2D eigenvalue weighted by Crippen LogP contribution is -2.33. The van der Waals surface area contributed by atoms with Crippen LogP contribution in [0, 0.1) is 6.92 Å². The molecule has 2 rings (SSSR count). The van der Waals surface area contributed by atoms with E-state index < -0.39 is 0 Å². The Morgan fingerprint density at radius 3 is 2.16 bits per heavy atom. The van der Waals surface area contributed by atoms with E-state index in [9.17, 15) is 9.59 Å². The minimum absolute atomic E-state index is 0.0360. The lowest BCUT2D eigenvalue weighted by molar-refractivity contribution is -0.123. The van der Waals surface area contributed by atoms with Crippen molar-refractivity contribution in [3.63, 3.8) is 0 Å². The van der Waals surface area contributed by atoms with E-state index in [4.69, 9.17) is 0 Å². The molecule has 0 fully saturated rings. The number of aryl methyl sites for hydroxylation is 1. The number of hydrogen-bond acceptors (Lipinski definition) is 2. The highest BCUT2D eigenvalue weighted by Crippen LogP contribution is 2.23. The van der Waals surface area contributed by atoms with Crippen molar-refractivity contribution in [2.45, 2.75) is 39.5 Å². The molecule has 4 heteroatoms. The number of benzene rings is 2. The predicted octanol–water partition coefficient (Wildman–Crippen LogP) is 3.59. The van der Waals surface area contributed by atoms with Crippen molar-refractivity contribution in [3.05, 3.63) is 65.2 Å². The molecule has 2 amide bonds. The van der Waals surface area contributed by atoms with Gasteiger partial charge in [0.05, 0.1) is 13.0 Å². The number of carbonyl (C=O) groups is 2. The molecule has 2 N–H and O–H groups in total. The van der Waals surface area contributed by atoms with Crippen molar-refractivity contribution in [1.82, 2.24) is 5.32 Å². The van der Waals surface area contributed by atoms with Crippen molar-refractivity contribution >= 4 is 17.5 Å². The van der Waals surface area contributed by atoms with Crippen LogP contribution in [0.2, 0.25) is 0 Å². The van der Waals surface area contributed by atoms with E-state index >= 15 is 0 Å². The SMILES string of the molecule is Cc1ccccc1CC(=O)NCC(=O)Nc1ccc(C(C)(C)C)cc1. The van der Waals surface area contributed by atoms with E-state index in [1.54, 1.807) is 0 Å². The smallest absolute Gasteiger partial charge is 0.243 e. The molecule has 2 aromatic rings. The first-order valence-electron chi connectivity index (χ1n) is 8.47. The summed E-state index contributed by atoms with van der Waals surface area (Å²) in [6, 6.07) is 15.5. The maximum Gasteiger partial charge on any atom is 0.243 e. The van der Waals surface area contributed by atoms with E-state index in [1.165, 1.54) is 5.56 Å². The lowest BCUT2D eigenvalue weighted by atomic mass is 9.87. The molecule has 2 aromatic carbocycles. The number of amides is 2. The highest BCUT2D eigenvalue weighted by Gasteiger charge is 2.13. The number of carbonyl (C=O) groups excluding carboxylic acids is 2. The molecule has 0 unspecified atom stereocenters. The van der Waals surface area contributed by atoms with Gasteiger partial charge in [-0.15, -0.1) is 0 Å². The summed E-state index contributed by atoms with van der Waals surface area (Å²) in [6.45, 7) is 8.36. The van der Waals surface area contributed by atoms with E-state index in [0.717, 1.165) is 16.8 Å². The maximum absolute atomic E-state index is 12.0. The molecule has 0 radical (unpaired) electrons. The van der Waals surface area contributed by atoms with Gasteiger partial charge in [-0.05, 0) is 41.2 Å². The quantitative estimate of drug-likeness (QED) is 0.875. The summed E-state index contributed by atoms with van der Waals surface area (Å²) in [5.41, 5.74) is 4.05. The zero-order valence-corrected chi connectivity index (χ0v) is 15.3. The summed E-state index contributed by atoms with van der Waals surface area (Å²) in [5.74, 6) is -0.394. The fraction of sp³-hybridized carbons (Fsp3) is 0.333. The van der Waals surface area contributed by atoms with Crippen LogP contribution in [0.5, 0.6) is 0 Å². The predicted molar refractivity (Wildman–Crippen MR) is 102 cm³/mol. The molecular formula is C21H26N2O2. The second-order valence-electron chi connectivity index (χ2n) is 7.26. The van der Waals surface area contributed by atoms with Crippen LogP contribution in [0.25, 0.3) is 0 Å². The third kappa shape index (κ3) is 5.75. The van der Waals surface area contributed by atoms with Crippen molar-refractivity contribution in [1.29, 1.82) is 0 Å². The average molecular weight is 338 g/mol. The van der Waals surface area contributed by atoms with E-state index in [0.29, 0.717) is 0 Å². The van der Waals surface area contributed by atoms with Gasteiger partial charge in [-0.25, -0.2) is 0 Å². The molecular weight excluding hydrogens is 312 g/mol. The zero-order chi connectivity index (χ0) is 18.4. The molecule has 0 spiro atoms. The minimum Gasteiger partial charge on any atom is -0.347 e. The van der Waals surface area contributed by atoms with E-state index in [2.05, 4.69) is 31.4 Å². The summed E-state index contributed by atoms with van der Waals surface area (Å²) in [4.78, 5) is 24.0. The van der Waals surface area contributed by atoms with Crippen LogP contribution >= 0.6 is 0 Å². The van der Waals surface area contributed by atoms with Crippen LogP contribution in [-0.4, -0.2) is 18.4 Å². The van der Waals surface area contributed by atoms with Gasteiger partial charge in [0.1, 0.15) is 0 Å². The van der Waals surface area contributed by atoms with Crippen molar-refractivity contribution in [2.75, 3.05) is 11.9 Å². The fourth-order valence-corrected chi connectivity index (χ4v) is 2.48. The Kier molecular flexibility index (Phi) is 5.97.